The monoisotopic (exact) mass is 337 g/mol. The summed E-state index contributed by atoms with van der Waals surface area (Å²) in [5.41, 5.74) is 0.850. The van der Waals surface area contributed by atoms with Gasteiger partial charge in [0, 0.05) is 12.6 Å². The molecule has 1 aliphatic heterocycles. The van der Waals surface area contributed by atoms with Crippen molar-refractivity contribution in [3.8, 4) is 0 Å². The van der Waals surface area contributed by atoms with Gasteiger partial charge in [0.15, 0.2) is 0 Å². The maximum absolute atomic E-state index is 13.0. The summed E-state index contributed by atoms with van der Waals surface area (Å²) in [5.74, 6) is 0.348. The van der Waals surface area contributed by atoms with Gasteiger partial charge in [-0.05, 0) is 57.7 Å². The van der Waals surface area contributed by atoms with E-state index >= 15 is 0 Å². The van der Waals surface area contributed by atoms with E-state index in [2.05, 4.69) is 6.92 Å². The van der Waals surface area contributed by atoms with E-state index in [0.717, 1.165) is 12.0 Å². The Labute approximate surface area is 139 Å². The second-order valence-corrected chi connectivity index (χ2v) is 9.20. The number of hydrogen-bond acceptors (Lipinski definition) is 3. The summed E-state index contributed by atoms with van der Waals surface area (Å²) in [6, 6.07) is 6.47. The minimum absolute atomic E-state index is 0.0750. The number of hydrogen-bond donors (Lipinski definition) is 1. The quantitative estimate of drug-likeness (QED) is 0.858. The minimum atomic E-state index is -3.52. The number of rotatable bonds is 4. The van der Waals surface area contributed by atoms with Crippen LogP contribution in [0.2, 0.25) is 0 Å². The van der Waals surface area contributed by atoms with Crippen molar-refractivity contribution in [2.75, 3.05) is 6.54 Å². The Hall–Kier alpha value is -1.17. The molecule has 1 aromatic carbocycles. The summed E-state index contributed by atoms with van der Waals surface area (Å²) in [5, 5.41) is 10.0. The summed E-state index contributed by atoms with van der Waals surface area (Å²) in [6.07, 6.45) is 2.89. The number of allylic oxidation sites excluding steroid dienone is 1. The molecule has 1 aromatic rings. The fourth-order valence-corrected chi connectivity index (χ4v) is 4.73. The molecule has 0 radical (unpaired) electrons. The van der Waals surface area contributed by atoms with E-state index in [0.29, 0.717) is 18.0 Å². The summed E-state index contributed by atoms with van der Waals surface area (Å²) < 4.78 is 27.5. The fraction of sp³-hybridized carbons (Fsp3) is 0.556. The Morgan fingerprint density at radius 1 is 1.26 bits per heavy atom. The van der Waals surface area contributed by atoms with Crippen LogP contribution in [0.3, 0.4) is 0 Å². The summed E-state index contributed by atoms with van der Waals surface area (Å²) in [7, 11) is -3.52. The predicted molar refractivity (Wildman–Crippen MR) is 92.6 cm³/mol. The van der Waals surface area contributed by atoms with Crippen molar-refractivity contribution >= 4 is 10.0 Å². The molecule has 0 bridgehead atoms. The van der Waals surface area contributed by atoms with E-state index in [1.54, 1.807) is 42.4 Å². The van der Waals surface area contributed by atoms with E-state index in [1.807, 2.05) is 19.9 Å². The standard InChI is InChI=1S/C18H27NO3S/c1-13(2)10-16-11-14(3)12-19(16)23(21,22)17-8-6-15(7-9-17)18(4,5)20/h6-10,14,16,20H,11-12H2,1-5H3. The fourth-order valence-electron chi connectivity index (χ4n) is 3.03. The molecule has 2 atom stereocenters. The van der Waals surface area contributed by atoms with E-state index in [-0.39, 0.29) is 10.9 Å². The first kappa shape index (κ1) is 18.2. The van der Waals surface area contributed by atoms with Gasteiger partial charge in [-0.25, -0.2) is 8.42 Å². The normalized spacial score (nSPS) is 23.0. The number of aliphatic hydroxyl groups is 1. The van der Waals surface area contributed by atoms with Gasteiger partial charge < -0.3 is 5.11 Å². The van der Waals surface area contributed by atoms with Crippen LogP contribution in [0.1, 0.15) is 46.6 Å². The number of nitrogens with zero attached hydrogens (tertiary/aromatic N) is 1. The van der Waals surface area contributed by atoms with Gasteiger partial charge in [0.05, 0.1) is 10.5 Å². The van der Waals surface area contributed by atoms with E-state index in [1.165, 1.54) is 0 Å². The molecule has 0 amide bonds. The number of sulfonamides is 1. The van der Waals surface area contributed by atoms with Crippen LogP contribution in [0, 0.1) is 5.92 Å². The Bertz CT molecular complexity index is 680. The van der Waals surface area contributed by atoms with E-state index < -0.39 is 15.6 Å². The predicted octanol–water partition coefficient (Wildman–Crippen LogP) is 3.28. The lowest BCUT2D eigenvalue weighted by Crippen LogP contribution is -2.34. The molecular weight excluding hydrogens is 310 g/mol. The lowest BCUT2D eigenvalue weighted by Gasteiger charge is -2.23. The Balaban J connectivity index is 2.35. The first-order valence-electron chi connectivity index (χ1n) is 8.01. The second-order valence-electron chi connectivity index (χ2n) is 7.31. The summed E-state index contributed by atoms with van der Waals surface area (Å²) in [4.78, 5) is 0.284. The minimum Gasteiger partial charge on any atom is -0.386 e. The maximum Gasteiger partial charge on any atom is 0.243 e. The molecule has 4 nitrogen and oxygen atoms in total. The largest absolute Gasteiger partial charge is 0.386 e. The van der Waals surface area contributed by atoms with Gasteiger partial charge in [0.1, 0.15) is 0 Å². The van der Waals surface area contributed by atoms with Crippen LogP contribution in [0.15, 0.2) is 40.8 Å². The SMILES string of the molecule is CC(C)=CC1CC(C)CN1S(=O)(=O)c1ccc(C(C)(C)O)cc1. The third-order valence-corrected chi connectivity index (χ3v) is 6.10. The highest BCUT2D eigenvalue weighted by atomic mass is 32.2. The topological polar surface area (TPSA) is 57.6 Å². The molecule has 1 N–H and O–H groups in total. The average molecular weight is 337 g/mol. The highest BCUT2D eigenvalue weighted by Crippen LogP contribution is 2.31. The van der Waals surface area contributed by atoms with Crippen molar-refractivity contribution in [2.45, 2.75) is 57.6 Å². The molecule has 23 heavy (non-hydrogen) atoms. The van der Waals surface area contributed by atoms with Gasteiger partial charge in [0.25, 0.3) is 0 Å². The van der Waals surface area contributed by atoms with Gasteiger partial charge in [-0.1, -0.05) is 30.7 Å². The average Bonchev–Trinajstić information content (AvgIpc) is 2.78. The van der Waals surface area contributed by atoms with Crippen molar-refractivity contribution in [2.24, 2.45) is 5.92 Å². The molecule has 1 heterocycles. The van der Waals surface area contributed by atoms with Crippen molar-refractivity contribution in [1.29, 1.82) is 0 Å². The first-order chi connectivity index (χ1) is 10.5. The maximum atomic E-state index is 13.0. The van der Waals surface area contributed by atoms with Crippen LogP contribution in [0.5, 0.6) is 0 Å². The molecule has 128 valence electrons. The van der Waals surface area contributed by atoms with Gasteiger partial charge in [-0.2, -0.15) is 4.31 Å². The van der Waals surface area contributed by atoms with Crippen LogP contribution in [-0.2, 0) is 15.6 Å². The van der Waals surface area contributed by atoms with Crippen LogP contribution in [-0.4, -0.2) is 30.4 Å². The summed E-state index contributed by atoms with van der Waals surface area (Å²) >= 11 is 0. The molecular formula is C18H27NO3S. The Morgan fingerprint density at radius 3 is 2.30 bits per heavy atom. The molecule has 1 fully saturated rings. The van der Waals surface area contributed by atoms with Gasteiger partial charge >= 0.3 is 0 Å². The van der Waals surface area contributed by atoms with Crippen LogP contribution >= 0.6 is 0 Å². The second kappa shape index (κ2) is 6.38. The lowest BCUT2D eigenvalue weighted by molar-refractivity contribution is 0.0785. The zero-order chi connectivity index (χ0) is 17.4. The highest BCUT2D eigenvalue weighted by molar-refractivity contribution is 7.89. The van der Waals surface area contributed by atoms with E-state index in [9.17, 15) is 13.5 Å². The van der Waals surface area contributed by atoms with Crippen molar-refractivity contribution < 1.29 is 13.5 Å². The van der Waals surface area contributed by atoms with Crippen LogP contribution in [0.25, 0.3) is 0 Å². The third kappa shape index (κ3) is 4.03. The zero-order valence-electron chi connectivity index (χ0n) is 14.6. The van der Waals surface area contributed by atoms with Crippen LogP contribution in [0.4, 0.5) is 0 Å². The smallest absolute Gasteiger partial charge is 0.243 e. The zero-order valence-corrected chi connectivity index (χ0v) is 15.4. The van der Waals surface area contributed by atoms with Gasteiger partial charge in [0.2, 0.25) is 10.0 Å². The van der Waals surface area contributed by atoms with Gasteiger partial charge in [-0.3, -0.25) is 0 Å². The lowest BCUT2D eigenvalue weighted by atomic mass is 9.99. The summed E-state index contributed by atoms with van der Waals surface area (Å²) in [6.45, 7) is 9.98. The van der Waals surface area contributed by atoms with Gasteiger partial charge in [-0.15, -0.1) is 0 Å². The number of benzene rings is 1. The molecule has 5 heteroatoms. The molecule has 0 aliphatic carbocycles. The molecule has 2 unspecified atom stereocenters. The molecule has 0 aromatic heterocycles. The van der Waals surface area contributed by atoms with Crippen molar-refractivity contribution in [3.63, 3.8) is 0 Å². The molecule has 2 rings (SSSR count). The molecule has 0 saturated carbocycles. The molecule has 1 aliphatic rings. The highest BCUT2D eigenvalue weighted by Gasteiger charge is 2.37. The molecule has 1 saturated heterocycles. The first-order valence-corrected chi connectivity index (χ1v) is 9.45. The van der Waals surface area contributed by atoms with Crippen molar-refractivity contribution in [1.82, 2.24) is 4.31 Å². The Kier molecular flexibility index (Phi) is 5.04. The Morgan fingerprint density at radius 2 is 1.83 bits per heavy atom. The molecule has 0 spiro atoms. The van der Waals surface area contributed by atoms with Crippen molar-refractivity contribution in [3.05, 3.63) is 41.5 Å². The van der Waals surface area contributed by atoms with E-state index in [4.69, 9.17) is 0 Å². The van der Waals surface area contributed by atoms with Crippen LogP contribution < -0.4 is 0 Å². The third-order valence-electron chi connectivity index (χ3n) is 4.20.